The minimum absolute atomic E-state index is 0.305. The lowest BCUT2D eigenvalue weighted by Gasteiger charge is -2.41. The highest BCUT2D eigenvalue weighted by Gasteiger charge is 2.48. The van der Waals surface area contributed by atoms with Gasteiger partial charge in [0, 0.05) is 17.6 Å². The summed E-state index contributed by atoms with van der Waals surface area (Å²) < 4.78 is 5.84. The van der Waals surface area contributed by atoms with E-state index in [9.17, 15) is 0 Å². The van der Waals surface area contributed by atoms with Crippen molar-refractivity contribution in [3.63, 3.8) is 0 Å². The van der Waals surface area contributed by atoms with E-state index in [2.05, 4.69) is 47.4 Å². The molecule has 4 heteroatoms. The molecule has 0 unspecified atom stereocenters. The second kappa shape index (κ2) is 6.93. The van der Waals surface area contributed by atoms with E-state index in [0.29, 0.717) is 29.7 Å². The zero-order valence-electron chi connectivity index (χ0n) is 15.7. The molecule has 0 saturated carbocycles. The van der Waals surface area contributed by atoms with E-state index in [1.165, 1.54) is 24.8 Å². The molecular weight excluding hydrogens is 334 g/mol. The molecular formula is C23H25N3O. The maximum Gasteiger partial charge on any atom is 0.231 e. The topological polar surface area (TPSA) is 42.2 Å². The lowest BCUT2D eigenvalue weighted by molar-refractivity contribution is 0.0905. The summed E-state index contributed by atoms with van der Waals surface area (Å²) in [6.45, 7) is 0. The van der Waals surface area contributed by atoms with E-state index >= 15 is 0 Å². The molecule has 0 N–H and O–H groups in total. The van der Waals surface area contributed by atoms with Crippen molar-refractivity contribution in [2.24, 2.45) is 5.92 Å². The van der Waals surface area contributed by atoms with Crippen LogP contribution >= 0.6 is 0 Å². The Morgan fingerprint density at radius 1 is 1.00 bits per heavy atom. The molecule has 2 aliphatic heterocycles. The van der Waals surface area contributed by atoms with Crippen LogP contribution in [0, 0.1) is 5.92 Å². The third-order valence-electron chi connectivity index (χ3n) is 6.49. The van der Waals surface area contributed by atoms with Crippen molar-refractivity contribution < 1.29 is 4.52 Å². The molecule has 0 amide bonds. The molecule has 0 spiro atoms. The molecule has 0 radical (unpaired) electrons. The first-order valence-corrected chi connectivity index (χ1v) is 9.94. The number of hydrogen-bond acceptors (Lipinski definition) is 4. The number of likely N-dealkylation sites (N-methyl/N-ethyl adjacent to an activating group) is 1. The minimum Gasteiger partial charge on any atom is -0.339 e. The number of hydrogen-bond donors (Lipinski definition) is 0. The van der Waals surface area contributed by atoms with Crippen LogP contribution < -0.4 is 0 Å². The second-order valence-corrected chi connectivity index (χ2v) is 8.00. The summed E-state index contributed by atoms with van der Waals surface area (Å²) in [4.78, 5) is 7.40. The Hall–Kier alpha value is -2.46. The van der Waals surface area contributed by atoms with Crippen molar-refractivity contribution in [3.8, 4) is 11.4 Å². The number of aromatic nitrogens is 2. The summed E-state index contributed by atoms with van der Waals surface area (Å²) >= 11 is 0. The van der Waals surface area contributed by atoms with E-state index in [1.54, 1.807) is 0 Å². The lowest BCUT2D eigenvalue weighted by atomic mass is 9.77. The number of benzene rings is 2. The van der Waals surface area contributed by atoms with Crippen LogP contribution in [0.4, 0.5) is 0 Å². The molecule has 2 aliphatic rings. The van der Waals surface area contributed by atoms with Gasteiger partial charge in [-0.1, -0.05) is 65.8 Å². The van der Waals surface area contributed by atoms with E-state index in [4.69, 9.17) is 9.51 Å². The molecule has 4 atom stereocenters. The maximum absolute atomic E-state index is 5.84. The average molecular weight is 359 g/mol. The predicted octanol–water partition coefficient (Wildman–Crippen LogP) is 4.55. The zero-order chi connectivity index (χ0) is 18.2. The quantitative estimate of drug-likeness (QED) is 0.685. The number of rotatable bonds is 4. The van der Waals surface area contributed by atoms with Crippen LogP contribution in [0.25, 0.3) is 11.4 Å². The smallest absolute Gasteiger partial charge is 0.231 e. The standard InChI is InChI=1S/C23H25N3O/c1-26-19-12-13-20(26)21(18(15-19)14-16-8-4-2-5-9-16)23-24-22(25-27-23)17-10-6-3-7-11-17/h2-11,18-21H,12-15H2,1H3/t18-,19-,20+,21+/m0/s1. The van der Waals surface area contributed by atoms with Crippen LogP contribution in [0.2, 0.25) is 0 Å². The SMILES string of the molecule is CN1[C@H]2CC[C@@H]1[C@H](c1nc(-c3ccccc3)no1)[C@@H](Cc1ccccc1)C2. The van der Waals surface area contributed by atoms with Crippen molar-refractivity contribution >= 4 is 0 Å². The Balaban J connectivity index is 1.48. The van der Waals surface area contributed by atoms with Gasteiger partial charge in [-0.25, -0.2) is 0 Å². The number of piperidine rings is 1. The summed E-state index contributed by atoms with van der Waals surface area (Å²) in [5.41, 5.74) is 2.42. The van der Waals surface area contributed by atoms with Gasteiger partial charge in [0.25, 0.3) is 0 Å². The number of fused-ring (bicyclic) bond motifs is 2. The molecule has 2 fully saturated rings. The molecule has 0 aliphatic carbocycles. The summed E-state index contributed by atoms with van der Waals surface area (Å²) in [7, 11) is 2.27. The van der Waals surface area contributed by atoms with Crippen LogP contribution in [0.1, 0.15) is 36.6 Å². The summed E-state index contributed by atoms with van der Waals surface area (Å²) in [6.07, 6.45) is 4.79. The van der Waals surface area contributed by atoms with E-state index in [1.807, 2.05) is 30.3 Å². The van der Waals surface area contributed by atoms with Crippen molar-refractivity contribution in [1.82, 2.24) is 15.0 Å². The van der Waals surface area contributed by atoms with Crippen LogP contribution in [0.5, 0.6) is 0 Å². The minimum atomic E-state index is 0.305. The van der Waals surface area contributed by atoms with Crippen LogP contribution in [0.3, 0.4) is 0 Å². The Kier molecular flexibility index (Phi) is 4.29. The highest BCUT2D eigenvalue weighted by molar-refractivity contribution is 5.53. The monoisotopic (exact) mass is 359 g/mol. The Morgan fingerprint density at radius 2 is 1.74 bits per heavy atom. The highest BCUT2D eigenvalue weighted by atomic mass is 16.5. The van der Waals surface area contributed by atoms with Crippen LogP contribution in [0.15, 0.2) is 65.2 Å². The normalized spacial score (nSPS) is 27.7. The van der Waals surface area contributed by atoms with Gasteiger partial charge >= 0.3 is 0 Å². The Labute approximate surface area is 160 Å². The molecule has 1 aromatic heterocycles. The summed E-state index contributed by atoms with van der Waals surface area (Å²) in [6, 6.07) is 22.1. The van der Waals surface area contributed by atoms with Gasteiger partial charge in [0.15, 0.2) is 0 Å². The second-order valence-electron chi connectivity index (χ2n) is 8.00. The van der Waals surface area contributed by atoms with Gasteiger partial charge in [0.05, 0.1) is 5.92 Å². The summed E-state index contributed by atoms with van der Waals surface area (Å²) in [5, 5.41) is 4.31. The number of nitrogens with zero attached hydrogens (tertiary/aromatic N) is 3. The fraction of sp³-hybridized carbons (Fsp3) is 0.391. The first kappa shape index (κ1) is 16.7. The Morgan fingerprint density at radius 3 is 2.52 bits per heavy atom. The molecule has 4 nitrogen and oxygen atoms in total. The van der Waals surface area contributed by atoms with Crippen LogP contribution in [-0.2, 0) is 6.42 Å². The zero-order valence-corrected chi connectivity index (χ0v) is 15.7. The van der Waals surface area contributed by atoms with Crippen LogP contribution in [-0.4, -0.2) is 34.2 Å². The fourth-order valence-electron chi connectivity index (χ4n) is 5.14. The molecule has 2 saturated heterocycles. The Bertz CT molecular complexity index is 892. The predicted molar refractivity (Wildman–Crippen MR) is 105 cm³/mol. The van der Waals surface area contributed by atoms with Gasteiger partial charge in [0.2, 0.25) is 11.7 Å². The molecule has 5 rings (SSSR count). The molecule has 27 heavy (non-hydrogen) atoms. The molecule has 2 bridgehead atoms. The van der Waals surface area contributed by atoms with Crippen molar-refractivity contribution in [2.75, 3.05) is 7.05 Å². The van der Waals surface area contributed by atoms with Gasteiger partial charge in [-0.15, -0.1) is 0 Å². The van der Waals surface area contributed by atoms with Gasteiger partial charge in [-0.2, -0.15) is 4.98 Å². The largest absolute Gasteiger partial charge is 0.339 e. The first-order valence-electron chi connectivity index (χ1n) is 9.94. The molecule has 3 heterocycles. The van der Waals surface area contributed by atoms with Gasteiger partial charge in [0.1, 0.15) is 0 Å². The molecule has 2 aromatic carbocycles. The van der Waals surface area contributed by atoms with E-state index in [-0.39, 0.29) is 0 Å². The maximum atomic E-state index is 5.84. The van der Waals surface area contributed by atoms with E-state index in [0.717, 1.165) is 17.9 Å². The highest BCUT2D eigenvalue weighted by Crippen LogP contribution is 2.47. The first-order chi connectivity index (χ1) is 13.3. The third kappa shape index (κ3) is 3.08. The summed E-state index contributed by atoms with van der Waals surface area (Å²) in [5.74, 6) is 2.36. The van der Waals surface area contributed by atoms with Gasteiger partial charge in [-0.3, -0.25) is 4.90 Å². The van der Waals surface area contributed by atoms with Gasteiger partial charge < -0.3 is 4.52 Å². The van der Waals surface area contributed by atoms with Crippen molar-refractivity contribution in [3.05, 3.63) is 72.1 Å². The molecule has 138 valence electrons. The molecule has 3 aromatic rings. The van der Waals surface area contributed by atoms with Crippen molar-refractivity contribution in [1.29, 1.82) is 0 Å². The lowest BCUT2D eigenvalue weighted by Crippen LogP contribution is -2.46. The third-order valence-corrected chi connectivity index (χ3v) is 6.49. The fourth-order valence-corrected chi connectivity index (χ4v) is 5.14. The van der Waals surface area contributed by atoms with E-state index < -0.39 is 0 Å². The van der Waals surface area contributed by atoms with Crippen molar-refractivity contribution in [2.45, 2.75) is 43.7 Å². The van der Waals surface area contributed by atoms with Gasteiger partial charge in [-0.05, 0) is 44.2 Å². The average Bonchev–Trinajstić information content (AvgIpc) is 3.28.